The third-order valence-electron chi connectivity index (χ3n) is 1.16. The summed E-state index contributed by atoms with van der Waals surface area (Å²) in [5, 5.41) is 8.54. The Labute approximate surface area is 107 Å². The quantitative estimate of drug-likeness (QED) is 0.631. The van der Waals surface area contributed by atoms with Gasteiger partial charge < -0.3 is 14.9 Å². The standard InChI is InChI=1S/C7H8O.O5P2.Zn/c8-6-7-4-2-1-3-5-7;1-6(2)5-7(3)4;/h1-5,8H,6H2;;/q;;+2. The topological polar surface area (TPSA) is 110 Å². The van der Waals surface area contributed by atoms with Crippen LogP contribution < -0.4 is 9.79 Å². The van der Waals surface area contributed by atoms with Gasteiger partial charge in [0.25, 0.3) is 0 Å². The Morgan fingerprint density at radius 2 is 1.56 bits per heavy atom. The van der Waals surface area contributed by atoms with Gasteiger partial charge in [-0.15, -0.1) is 0 Å². The SMILES string of the molecule is O=[P+]([O-])O[P+](=O)[O-].OCc1ccccc1.[Zn+2]. The number of aliphatic hydroxyl groups is 1. The second kappa shape index (κ2) is 11.4. The van der Waals surface area contributed by atoms with Gasteiger partial charge in [-0.25, -0.2) is 0 Å². The van der Waals surface area contributed by atoms with E-state index in [1.54, 1.807) is 0 Å². The van der Waals surface area contributed by atoms with Crippen molar-refractivity contribution < 1.29 is 47.8 Å². The molecule has 0 aliphatic carbocycles. The molecule has 0 saturated heterocycles. The first-order valence-corrected chi connectivity index (χ1v) is 5.87. The molecule has 82 valence electrons. The minimum atomic E-state index is -3.24. The van der Waals surface area contributed by atoms with Crippen molar-refractivity contribution in [1.29, 1.82) is 0 Å². The maximum atomic E-state index is 9.24. The molecule has 0 aliphatic rings. The van der Waals surface area contributed by atoms with Crippen LogP contribution in [-0.2, 0) is 39.5 Å². The molecule has 16 heavy (non-hydrogen) atoms. The molecule has 0 aromatic heterocycles. The van der Waals surface area contributed by atoms with E-state index in [9.17, 15) is 18.9 Å². The van der Waals surface area contributed by atoms with Gasteiger partial charge in [0.2, 0.25) is 0 Å². The van der Waals surface area contributed by atoms with E-state index in [0.29, 0.717) is 0 Å². The zero-order valence-corrected chi connectivity index (χ0v) is 12.9. The van der Waals surface area contributed by atoms with Crippen molar-refractivity contribution in [2.45, 2.75) is 6.61 Å². The van der Waals surface area contributed by atoms with Crippen molar-refractivity contribution in [3.8, 4) is 0 Å². The molecule has 1 aromatic carbocycles. The second-order valence-electron chi connectivity index (χ2n) is 2.17. The first-order chi connectivity index (χ1) is 7.06. The molecule has 0 fully saturated rings. The molecule has 0 saturated carbocycles. The third kappa shape index (κ3) is 12.0. The predicted octanol–water partition coefficient (Wildman–Crippen LogP) is 0.215. The molecule has 0 heterocycles. The predicted molar refractivity (Wildman–Crippen MR) is 48.7 cm³/mol. The Bertz CT molecular complexity index is 308. The summed E-state index contributed by atoms with van der Waals surface area (Å²) in [6, 6.07) is 9.52. The van der Waals surface area contributed by atoms with Crippen molar-refractivity contribution >= 4 is 16.5 Å². The van der Waals surface area contributed by atoms with Crippen LogP contribution in [0.3, 0.4) is 0 Å². The number of hydrogen-bond donors (Lipinski definition) is 1. The van der Waals surface area contributed by atoms with Crippen LogP contribution in [-0.4, -0.2) is 5.11 Å². The number of aliphatic hydroxyl groups excluding tert-OH is 1. The van der Waals surface area contributed by atoms with Gasteiger partial charge in [0, 0.05) is 0 Å². The maximum Gasteiger partial charge on any atom is 2.00 e. The normalized spacial score (nSPS) is 10.4. The fraction of sp³-hybridized carbons (Fsp3) is 0.143. The van der Waals surface area contributed by atoms with Crippen LogP contribution in [0.1, 0.15) is 5.56 Å². The number of rotatable bonds is 3. The molecule has 0 aliphatic heterocycles. The Morgan fingerprint density at radius 1 is 1.12 bits per heavy atom. The van der Waals surface area contributed by atoms with Gasteiger partial charge >= 0.3 is 36.0 Å². The van der Waals surface area contributed by atoms with E-state index in [4.69, 9.17) is 5.11 Å². The smallest absolute Gasteiger partial charge is 0.563 e. The van der Waals surface area contributed by atoms with Gasteiger partial charge in [-0.1, -0.05) is 30.3 Å². The fourth-order valence-electron chi connectivity index (χ4n) is 0.638. The molecule has 0 bridgehead atoms. The second-order valence-corrected chi connectivity index (χ2v) is 3.72. The Morgan fingerprint density at radius 3 is 1.75 bits per heavy atom. The average Bonchev–Trinajstić information content (AvgIpc) is 2.18. The Hall–Kier alpha value is -0.117. The average molecular weight is 315 g/mol. The van der Waals surface area contributed by atoms with E-state index < -0.39 is 16.5 Å². The first-order valence-electron chi connectivity index (χ1n) is 3.68. The molecular weight excluding hydrogens is 307 g/mol. The van der Waals surface area contributed by atoms with E-state index in [-0.39, 0.29) is 26.1 Å². The van der Waals surface area contributed by atoms with Crippen LogP contribution in [0.15, 0.2) is 30.3 Å². The monoisotopic (exact) mass is 314 g/mol. The molecule has 1 N–H and O–H groups in total. The molecule has 1 rings (SSSR count). The molecule has 1 aromatic rings. The van der Waals surface area contributed by atoms with Crippen molar-refractivity contribution in [3.05, 3.63) is 35.9 Å². The van der Waals surface area contributed by atoms with Crippen LogP contribution in [0.4, 0.5) is 0 Å². The van der Waals surface area contributed by atoms with Crippen molar-refractivity contribution in [2.24, 2.45) is 0 Å². The zero-order valence-electron chi connectivity index (χ0n) is 8.18. The van der Waals surface area contributed by atoms with Gasteiger partial charge in [0.15, 0.2) is 0 Å². The van der Waals surface area contributed by atoms with E-state index in [1.807, 2.05) is 30.3 Å². The molecule has 9 heteroatoms. The molecular formula is C7H8O6P2Zn+2. The molecule has 0 amide bonds. The van der Waals surface area contributed by atoms with E-state index in [0.717, 1.165) is 5.56 Å². The summed E-state index contributed by atoms with van der Waals surface area (Å²) in [7, 11) is -6.47. The minimum Gasteiger partial charge on any atom is -0.563 e. The van der Waals surface area contributed by atoms with E-state index in [1.165, 1.54) is 0 Å². The summed E-state index contributed by atoms with van der Waals surface area (Å²) < 4.78 is 21.6. The largest absolute Gasteiger partial charge is 2.00 e. The molecule has 6 nitrogen and oxygen atoms in total. The van der Waals surface area contributed by atoms with Gasteiger partial charge in [0.05, 0.1) is 6.61 Å². The van der Waals surface area contributed by atoms with Gasteiger partial charge in [-0.2, -0.15) is 0 Å². The van der Waals surface area contributed by atoms with Crippen molar-refractivity contribution in [2.75, 3.05) is 0 Å². The molecule has 2 atom stereocenters. The molecule has 0 spiro atoms. The van der Waals surface area contributed by atoms with Crippen LogP contribution in [0.5, 0.6) is 0 Å². The maximum absolute atomic E-state index is 9.24. The fourth-order valence-corrected chi connectivity index (χ4v) is 1.07. The van der Waals surface area contributed by atoms with Crippen LogP contribution in [0.25, 0.3) is 0 Å². The van der Waals surface area contributed by atoms with Crippen molar-refractivity contribution in [1.82, 2.24) is 0 Å². The van der Waals surface area contributed by atoms with Crippen LogP contribution in [0, 0.1) is 0 Å². The van der Waals surface area contributed by atoms with Crippen LogP contribution in [0.2, 0.25) is 0 Å². The first kappa shape index (κ1) is 18.3. The van der Waals surface area contributed by atoms with E-state index >= 15 is 0 Å². The summed E-state index contributed by atoms with van der Waals surface area (Å²) >= 11 is 0. The third-order valence-corrected chi connectivity index (χ3v) is 2.23. The van der Waals surface area contributed by atoms with Gasteiger partial charge in [-0.05, 0) is 14.7 Å². The zero-order chi connectivity index (χ0) is 11.7. The number of hydrogen-bond acceptors (Lipinski definition) is 6. The summed E-state index contributed by atoms with van der Waals surface area (Å²) in [6.45, 7) is 0.140. The Balaban J connectivity index is 0. The Kier molecular flexibility index (Phi) is 13.0. The van der Waals surface area contributed by atoms with Gasteiger partial charge in [0.1, 0.15) is 4.31 Å². The molecule has 2 unspecified atom stereocenters. The minimum absolute atomic E-state index is 0. The van der Waals surface area contributed by atoms with Gasteiger partial charge in [-0.3, -0.25) is 0 Å². The summed E-state index contributed by atoms with van der Waals surface area (Å²) in [5.41, 5.74) is 0.965. The number of benzene rings is 1. The van der Waals surface area contributed by atoms with E-state index in [2.05, 4.69) is 4.31 Å². The van der Waals surface area contributed by atoms with Crippen molar-refractivity contribution in [3.63, 3.8) is 0 Å². The summed E-state index contributed by atoms with van der Waals surface area (Å²) in [4.78, 5) is 18.5. The van der Waals surface area contributed by atoms with Crippen LogP contribution >= 0.6 is 16.5 Å². The molecule has 0 radical (unpaired) electrons. The summed E-state index contributed by atoms with van der Waals surface area (Å²) in [5.74, 6) is 0. The summed E-state index contributed by atoms with van der Waals surface area (Å²) in [6.07, 6.45) is 0.